The smallest absolute Gasteiger partial charge is 0.241 e. The summed E-state index contributed by atoms with van der Waals surface area (Å²) < 4.78 is 34.5. The first kappa shape index (κ1) is 19.3. The van der Waals surface area contributed by atoms with Crippen molar-refractivity contribution < 1.29 is 13.2 Å². The van der Waals surface area contributed by atoms with Gasteiger partial charge in [-0.1, -0.05) is 39.5 Å². The molecule has 4 nitrogen and oxygen atoms in total. The second-order valence-electron chi connectivity index (χ2n) is 7.05. The fourth-order valence-corrected chi connectivity index (χ4v) is 4.95. The van der Waals surface area contributed by atoms with Crippen molar-refractivity contribution in [2.24, 2.45) is 0 Å². The highest BCUT2D eigenvalue weighted by molar-refractivity contribution is 7.89. The lowest BCUT2D eigenvalue weighted by molar-refractivity contribution is 0.334. The number of hydrogen-bond acceptors (Lipinski definition) is 3. The molecule has 0 radical (unpaired) electrons. The summed E-state index contributed by atoms with van der Waals surface area (Å²) >= 11 is 0. The molecule has 0 aromatic heterocycles. The highest BCUT2D eigenvalue weighted by atomic mass is 32.2. The van der Waals surface area contributed by atoms with Crippen LogP contribution in [0.5, 0.6) is 5.75 Å². The molecule has 1 aromatic rings. The van der Waals surface area contributed by atoms with Gasteiger partial charge in [-0.05, 0) is 55.9 Å². The predicted octanol–water partition coefficient (Wildman–Crippen LogP) is 4.52. The normalized spacial score (nSPS) is 17.0. The average Bonchev–Trinajstić information content (AvgIpc) is 2.75. The van der Waals surface area contributed by atoms with Gasteiger partial charge in [-0.3, -0.25) is 0 Å². The Morgan fingerprint density at radius 3 is 2.33 bits per heavy atom. The molecule has 0 unspecified atom stereocenters. The van der Waals surface area contributed by atoms with Gasteiger partial charge in [0.05, 0.1) is 11.5 Å². The molecule has 1 N–H and O–H groups in total. The SMILES string of the molecule is CCOc1cc(C)c(S(=O)(=O)NC2CCCCCC2)cc1C(C)C. The van der Waals surface area contributed by atoms with Gasteiger partial charge in [-0.2, -0.15) is 0 Å². The number of hydrogen-bond donors (Lipinski definition) is 1. The number of nitrogens with one attached hydrogen (secondary N) is 1. The maximum atomic E-state index is 12.9. The number of aryl methyl sites for hydroxylation is 1. The molecule has 2 rings (SSSR count). The van der Waals surface area contributed by atoms with Crippen molar-refractivity contribution in [3.8, 4) is 5.75 Å². The topological polar surface area (TPSA) is 55.4 Å². The van der Waals surface area contributed by atoms with Crippen LogP contribution < -0.4 is 9.46 Å². The summed E-state index contributed by atoms with van der Waals surface area (Å²) in [6.07, 6.45) is 6.49. The van der Waals surface area contributed by atoms with Crippen LogP contribution in [0, 0.1) is 6.92 Å². The van der Waals surface area contributed by atoms with Gasteiger partial charge < -0.3 is 4.74 Å². The third-order valence-corrected chi connectivity index (χ3v) is 6.36. The predicted molar refractivity (Wildman–Crippen MR) is 98.2 cm³/mol. The summed E-state index contributed by atoms with van der Waals surface area (Å²) in [5.74, 6) is 0.998. The van der Waals surface area contributed by atoms with E-state index < -0.39 is 10.0 Å². The minimum atomic E-state index is -3.50. The minimum absolute atomic E-state index is 0.0611. The van der Waals surface area contributed by atoms with Crippen molar-refractivity contribution in [3.63, 3.8) is 0 Å². The Morgan fingerprint density at radius 2 is 1.79 bits per heavy atom. The van der Waals surface area contributed by atoms with E-state index in [2.05, 4.69) is 18.6 Å². The molecule has 0 bridgehead atoms. The van der Waals surface area contributed by atoms with Crippen molar-refractivity contribution in [2.75, 3.05) is 6.61 Å². The van der Waals surface area contributed by atoms with Gasteiger partial charge in [0, 0.05) is 6.04 Å². The van der Waals surface area contributed by atoms with Crippen molar-refractivity contribution in [1.29, 1.82) is 0 Å². The van der Waals surface area contributed by atoms with E-state index in [1.165, 1.54) is 12.8 Å². The molecule has 0 spiro atoms. The fraction of sp³-hybridized carbons (Fsp3) is 0.684. The van der Waals surface area contributed by atoms with E-state index in [1.807, 2.05) is 19.9 Å². The molecule has 136 valence electrons. The van der Waals surface area contributed by atoms with Gasteiger partial charge in [0.1, 0.15) is 5.75 Å². The molecule has 1 aromatic carbocycles. The Kier molecular flexibility index (Phi) is 6.70. The summed E-state index contributed by atoms with van der Waals surface area (Å²) in [7, 11) is -3.50. The van der Waals surface area contributed by atoms with Crippen molar-refractivity contribution >= 4 is 10.0 Å². The summed E-state index contributed by atoms with van der Waals surface area (Å²) in [5.41, 5.74) is 1.69. The maximum Gasteiger partial charge on any atom is 0.241 e. The summed E-state index contributed by atoms with van der Waals surface area (Å²) in [4.78, 5) is 0.388. The quantitative estimate of drug-likeness (QED) is 0.765. The van der Waals surface area contributed by atoms with Gasteiger partial charge in [0.2, 0.25) is 10.0 Å². The van der Waals surface area contributed by atoms with E-state index >= 15 is 0 Å². The molecule has 1 aliphatic rings. The van der Waals surface area contributed by atoms with Gasteiger partial charge in [-0.15, -0.1) is 0 Å². The third kappa shape index (κ3) is 4.73. The highest BCUT2D eigenvalue weighted by Crippen LogP contribution is 2.32. The second-order valence-corrected chi connectivity index (χ2v) is 8.74. The maximum absolute atomic E-state index is 12.9. The van der Waals surface area contributed by atoms with Crippen molar-refractivity contribution in [2.45, 2.75) is 83.1 Å². The van der Waals surface area contributed by atoms with Crippen LogP contribution in [0.2, 0.25) is 0 Å². The van der Waals surface area contributed by atoms with Gasteiger partial charge in [-0.25, -0.2) is 13.1 Å². The Hall–Kier alpha value is -1.07. The van der Waals surface area contributed by atoms with Crippen LogP contribution in [0.4, 0.5) is 0 Å². The molecular formula is C19H31NO3S. The molecule has 1 saturated carbocycles. The number of rotatable bonds is 6. The Bertz CT molecular complexity index is 645. The monoisotopic (exact) mass is 353 g/mol. The lowest BCUT2D eigenvalue weighted by Gasteiger charge is -2.20. The fourth-order valence-electron chi connectivity index (χ4n) is 3.38. The minimum Gasteiger partial charge on any atom is -0.494 e. The molecule has 5 heteroatoms. The van der Waals surface area contributed by atoms with Crippen molar-refractivity contribution in [3.05, 3.63) is 23.3 Å². The molecule has 0 amide bonds. The first-order valence-electron chi connectivity index (χ1n) is 9.14. The average molecular weight is 354 g/mol. The summed E-state index contributed by atoms with van der Waals surface area (Å²) in [6.45, 7) is 8.47. The van der Waals surface area contributed by atoms with E-state index in [4.69, 9.17) is 4.74 Å². The van der Waals surface area contributed by atoms with Crippen LogP contribution in [-0.4, -0.2) is 21.1 Å². The zero-order chi connectivity index (χ0) is 17.7. The molecular weight excluding hydrogens is 322 g/mol. The second kappa shape index (κ2) is 8.34. The first-order valence-corrected chi connectivity index (χ1v) is 10.6. The van der Waals surface area contributed by atoms with Crippen LogP contribution in [0.3, 0.4) is 0 Å². The largest absolute Gasteiger partial charge is 0.494 e. The zero-order valence-electron chi connectivity index (χ0n) is 15.4. The Morgan fingerprint density at radius 1 is 1.17 bits per heavy atom. The van der Waals surface area contributed by atoms with E-state index in [9.17, 15) is 8.42 Å². The van der Waals surface area contributed by atoms with Gasteiger partial charge in [0.25, 0.3) is 0 Å². The van der Waals surface area contributed by atoms with Gasteiger partial charge >= 0.3 is 0 Å². The van der Waals surface area contributed by atoms with Crippen LogP contribution in [-0.2, 0) is 10.0 Å². The molecule has 24 heavy (non-hydrogen) atoms. The molecule has 0 aliphatic heterocycles. The van der Waals surface area contributed by atoms with E-state index in [0.717, 1.165) is 42.6 Å². The lowest BCUT2D eigenvalue weighted by atomic mass is 10.0. The Balaban J connectivity index is 2.33. The van der Waals surface area contributed by atoms with Crippen LogP contribution >= 0.6 is 0 Å². The number of sulfonamides is 1. The number of benzene rings is 1. The third-order valence-electron chi connectivity index (χ3n) is 4.70. The molecule has 1 aliphatic carbocycles. The summed E-state index contributed by atoms with van der Waals surface area (Å²) in [5, 5.41) is 0. The van der Waals surface area contributed by atoms with E-state index in [0.29, 0.717) is 11.5 Å². The lowest BCUT2D eigenvalue weighted by Crippen LogP contribution is -2.34. The van der Waals surface area contributed by atoms with E-state index in [-0.39, 0.29) is 12.0 Å². The molecule has 1 fully saturated rings. The highest BCUT2D eigenvalue weighted by Gasteiger charge is 2.24. The standard InChI is InChI=1S/C19H31NO3S/c1-5-23-18-12-15(4)19(13-17(18)14(2)3)24(21,22)20-16-10-8-6-7-9-11-16/h12-14,16,20H,5-11H2,1-4H3. The van der Waals surface area contributed by atoms with E-state index in [1.54, 1.807) is 6.07 Å². The van der Waals surface area contributed by atoms with Crippen LogP contribution in [0.15, 0.2) is 17.0 Å². The molecule has 0 heterocycles. The number of ether oxygens (including phenoxy) is 1. The molecule has 0 atom stereocenters. The Labute approximate surface area is 147 Å². The van der Waals surface area contributed by atoms with Crippen LogP contribution in [0.25, 0.3) is 0 Å². The van der Waals surface area contributed by atoms with Crippen LogP contribution in [0.1, 0.15) is 76.3 Å². The van der Waals surface area contributed by atoms with Crippen molar-refractivity contribution in [1.82, 2.24) is 4.72 Å². The summed E-state index contributed by atoms with van der Waals surface area (Å²) in [6, 6.07) is 3.72. The molecule has 0 saturated heterocycles. The zero-order valence-corrected chi connectivity index (χ0v) is 16.2. The van der Waals surface area contributed by atoms with Gasteiger partial charge in [0.15, 0.2) is 0 Å². The first-order chi connectivity index (χ1) is 11.3.